The summed E-state index contributed by atoms with van der Waals surface area (Å²) in [5.41, 5.74) is 1.77. The quantitative estimate of drug-likeness (QED) is 0.692. The van der Waals surface area contributed by atoms with Crippen LogP contribution in [0.5, 0.6) is 5.75 Å². The lowest BCUT2D eigenvalue weighted by Crippen LogP contribution is -2.35. The topological polar surface area (TPSA) is 67.9 Å². The van der Waals surface area contributed by atoms with Gasteiger partial charge in [0, 0.05) is 18.9 Å². The van der Waals surface area contributed by atoms with E-state index in [4.69, 9.17) is 4.74 Å². The van der Waals surface area contributed by atoms with Crippen LogP contribution in [-0.4, -0.2) is 43.3 Å². The van der Waals surface area contributed by atoms with Crippen molar-refractivity contribution in [3.8, 4) is 5.75 Å². The predicted molar refractivity (Wildman–Crippen MR) is 103 cm³/mol. The number of nitrogens with zero attached hydrogens (tertiary/aromatic N) is 1. The molecule has 0 saturated carbocycles. The first-order valence-electron chi connectivity index (χ1n) is 8.99. The molecule has 1 N–H and O–H groups in total. The van der Waals surface area contributed by atoms with Gasteiger partial charge in [0.2, 0.25) is 0 Å². The summed E-state index contributed by atoms with van der Waals surface area (Å²) in [4.78, 5) is 26.9. The Labute approximate surface area is 170 Å². The highest BCUT2D eigenvalue weighted by Gasteiger charge is 2.39. The molecule has 6 nitrogen and oxygen atoms in total. The number of amides is 2. The van der Waals surface area contributed by atoms with Crippen molar-refractivity contribution in [1.82, 2.24) is 4.90 Å². The van der Waals surface area contributed by atoms with Gasteiger partial charge in [-0.2, -0.15) is 0 Å². The largest absolute Gasteiger partial charge is 0.573 e. The Morgan fingerprint density at radius 2 is 1.73 bits per heavy atom. The van der Waals surface area contributed by atoms with Crippen LogP contribution in [0.4, 0.5) is 18.9 Å². The third-order valence-corrected chi connectivity index (χ3v) is 4.36. The number of hydrogen-bond donors (Lipinski definition) is 1. The summed E-state index contributed by atoms with van der Waals surface area (Å²) in [6.07, 6.45) is -4.85. The molecule has 0 radical (unpaired) electrons. The Bertz CT molecular complexity index is 984. The molecule has 30 heavy (non-hydrogen) atoms. The van der Waals surface area contributed by atoms with Crippen molar-refractivity contribution in [3.05, 3.63) is 65.4 Å². The molecule has 0 unspecified atom stereocenters. The van der Waals surface area contributed by atoms with E-state index in [0.29, 0.717) is 5.56 Å². The van der Waals surface area contributed by atoms with Gasteiger partial charge in [-0.15, -0.1) is 13.2 Å². The van der Waals surface area contributed by atoms with Crippen LogP contribution in [0.15, 0.2) is 54.2 Å². The number of nitrogens with one attached hydrogen (secondary N) is 1. The molecule has 0 spiro atoms. The highest BCUT2D eigenvalue weighted by Crippen LogP contribution is 2.32. The Kier molecular flexibility index (Phi) is 6.12. The van der Waals surface area contributed by atoms with Crippen molar-refractivity contribution in [3.63, 3.8) is 0 Å². The van der Waals surface area contributed by atoms with Crippen LogP contribution in [0, 0.1) is 6.92 Å². The summed E-state index contributed by atoms with van der Waals surface area (Å²) in [5.74, 6) is -1.54. The molecule has 0 bridgehead atoms. The van der Waals surface area contributed by atoms with Crippen molar-refractivity contribution in [2.24, 2.45) is 0 Å². The highest BCUT2D eigenvalue weighted by molar-refractivity contribution is 6.36. The lowest BCUT2D eigenvalue weighted by Gasteiger charge is -2.15. The minimum Gasteiger partial charge on any atom is -0.406 e. The Morgan fingerprint density at radius 3 is 2.37 bits per heavy atom. The Morgan fingerprint density at radius 1 is 1.03 bits per heavy atom. The molecule has 0 saturated heterocycles. The van der Waals surface area contributed by atoms with Crippen molar-refractivity contribution in [2.75, 3.05) is 25.6 Å². The third kappa shape index (κ3) is 4.80. The number of methoxy groups -OCH3 is 1. The van der Waals surface area contributed by atoms with Crippen LogP contribution < -0.4 is 10.1 Å². The number of rotatable bonds is 7. The number of carbonyl (C=O) groups excluding carboxylic acids is 2. The van der Waals surface area contributed by atoms with E-state index in [1.54, 1.807) is 24.3 Å². The summed E-state index contributed by atoms with van der Waals surface area (Å²) >= 11 is 0. The van der Waals surface area contributed by atoms with Crippen LogP contribution in [0.25, 0.3) is 5.57 Å². The zero-order chi connectivity index (χ0) is 21.9. The van der Waals surface area contributed by atoms with Gasteiger partial charge in [0.25, 0.3) is 11.8 Å². The summed E-state index contributed by atoms with van der Waals surface area (Å²) in [7, 11) is 1.45. The average Bonchev–Trinajstić information content (AvgIpc) is 2.90. The molecule has 3 rings (SSSR count). The van der Waals surface area contributed by atoms with Gasteiger partial charge >= 0.3 is 6.36 Å². The molecule has 1 aliphatic rings. The molecule has 2 aromatic carbocycles. The van der Waals surface area contributed by atoms with E-state index in [0.717, 1.165) is 22.6 Å². The minimum atomic E-state index is -4.85. The minimum absolute atomic E-state index is 0.0240. The number of hydrogen-bond acceptors (Lipinski definition) is 5. The molecule has 1 heterocycles. The monoisotopic (exact) mass is 420 g/mol. The van der Waals surface area contributed by atoms with Gasteiger partial charge in [0.05, 0.1) is 18.7 Å². The predicted octanol–water partition coefficient (Wildman–Crippen LogP) is 3.73. The van der Waals surface area contributed by atoms with Crippen LogP contribution >= 0.6 is 0 Å². The number of aryl methyl sites for hydroxylation is 1. The number of imide groups is 1. The van der Waals surface area contributed by atoms with Gasteiger partial charge in [0.15, 0.2) is 0 Å². The van der Waals surface area contributed by atoms with Gasteiger partial charge in [0.1, 0.15) is 11.4 Å². The van der Waals surface area contributed by atoms with E-state index in [2.05, 4.69) is 10.1 Å². The SMILES string of the molecule is COCCN1C(=O)C(Nc2cccc(OC(F)(F)F)c2)=C(c2ccc(C)cc2)C1=O. The number of anilines is 1. The molecular formula is C21H19F3N2O4. The molecule has 9 heteroatoms. The zero-order valence-corrected chi connectivity index (χ0v) is 16.2. The maximum absolute atomic E-state index is 12.9. The fourth-order valence-corrected chi connectivity index (χ4v) is 2.98. The second kappa shape index (κ2) is 8.58. The smallest absolute Gasteiger partial charge is 0.406 e. The summed E-state index contributed by atoms with van der Waals surface area (Å²) in [6, 6.07) is 12.1. The molecule has 0 aromatic heterocycles. The van der Waals surface area contributed by atoms with Gasteiger partial charge < -0.3 is 14.8 Å². The number of halogens is 3. The van der Waals surface area contributed by atoms with Gasteiger partial charge in [-0.25, -0.2) is 0 Å². The molecule has 0 atom stereocenters. The molecule has 0 aliphatic carbocycles. The second-order valence-corrected chi connectivity index (χ2v) is 6.57. The maximum Gasteiger partial charge on any atom is 0.573 e. The van der Waals surface area contributed by atoms with Crippen molar-refractivity contribution >= 4 is 23.1 Å². The first-order valence-corrected chi connectivity index (χ1v) is 8.99. The number of alkyl halides is 3. The first kappa shape index (κ1) is 21.4. The highest BCUT2D eigenvalue weighted by atomic mass is 19.4. The zero-order valence-electron chi connectivity index (χ0n) is 16.2. The van der Waals surface area contributed by atoms with Crippen LogP contribution in [-0.2, 0) is 14.3 Å². The molecule has 2 aromatic rings. The van der Waals surface area contributed by atoms with Crippen molar-refractivity contribution < 1.29 is 32.2 Å². The van der Waals surface area contributed by atoms with Crippen molar-refractivity contribution in [1.29, 1.82) is 0 Å². The van der Waals surface area contributed by atoms with E-state index in [9.17, 15) is 22.8 Å². The van der Waals surface area contributed by atoms with E-state index in [1.165, 1.54) is 19.2 Å². The number of carbonyl (C=O) groups is 2. The standard InChI is InChI=1S/C21H19F3N2O4/c1-13-6-8-14(9-7-13)17-18(20(28)26(19(17)27)10-11-29-2)25-15-4-3-5-16(12-15)30-21(22,23)24/h3-9,12,25H,10-11H2,1-2H3. The molecule has 0 fully saturated rings. The van der Waals surface area contributed by atoms with E-state index >= 15 is 0 Å². The molecule has 1 aliphatic heterocycles. The summed E-state index contributed by atoms with van der Waals surface area (Å²) < 4.78 is 46.4. The fourth-order valence-electron chi connectivity index (χ4n) is 2.98. The summed E-state index contributed by atoms with van der Waals surface area (Å²) in [6.45, 7) is 2.09. The van der Waals surface area contributed by atoms with Crippen molar-refractivity contribution in [2.45, 2.75) is 13.3 Å². The molecular weight excluding hydrogens is 401 g/mol. The number of ether oxygens (including phenoxy) is 2. The Balaban J connectivity index is 1.99. The van der Waals surface area contributed by atoms with Crippen LogP contribution in [0.3, 0.4) is 0 Å². The van der Waals surface area contributed by atoms with E-state index in [1.807, 2.05) is 6.92 Å². The second-order valence-electron chi connectivity index (χ2n) is 6.57. The Hall–Kier alpha value is -3.33. The van der Waals surface area contributed by atoms with Gasteiger partial charge in [-0.1, -0.05) is 35.9 Å². The summed E-state index contributed by atoms with van der Waals surface area (Å²) in [5, 5.41) is 2.80. The van der Waals surface area contributed by atoms with Gasteiger partial charge in [-0.3, -0.25) is 14.5 Å². The maximum atomic E-state index is 12.9. The van der Waals surface area contributed by atoms with Gasteiger partial charge in [-0.05, 0) is 24.6 Å². The van der Waals surface area contributed by atoms with E-state index in [-0.39, 0.29) is 30.1 Å². The van der Waals surface area contributed by atoms with Crippen LogP contribution in [0.2, 0.25) is 0 Å². The molecule has 158 valence electrons. The van der Waals surface area contributed by atoms with E-state index < -0.39 is 23.9 Å². The lowest BCUT2D eigenvalue weighted by molar-refractivity contribution is -0.274. The normalized spacial score (nSPS) is 14.5. The van der Waals surface area contributed by atoms with Crippen LogP contribution in [0.1, 0.15) is 11.1 Å². The number of benzene rings is 2. The molecule has 2 amide bonds. The third-order valence-electron chi connectivity index (χ3n) is 4.36. The first-order chi connectivity index (χ1) is 14.2. The fraction of sp³-hybridized carbons (Fsp3) is 0.238. The average molecular weight is 420 g/mol. The lowest BCUT2D eigenvalue weighted by atomic mass is 10.0.